The number of nitrogens with one attached hydrogen (secondary N) is 1. The Morgan fingerprint density at radius 1 is 1.58 bits per heavy atom. The van der Waals surface area contributed by atoms with Gasteiger partial charge in [0.2, 0.25) is 5.91 Å². The van der Waals surface area contributed by atoms with Gasteiger partial charge in [0, 0.05) is 38.0 Å². The average molecular weight is 265 g/mol. The van der Waals surface area contributed by atoms with E-state index in [0.717, 1.165) is 25.9 Å². The summed E-state index contributed by atoms with van der Waals surface area (Å²) in [5, 5.41) is 3.21. The van der Waals surface area contributed by atoms with Gasteiger partial charge in [-0.15, -0.1) is 0 Å². The van der Waals surface area contributed by atoms with Crippen molar-refractivity contribution >= 4 is 5.91 Å². The molecular weight excluding hydrogens is 242 g/mol. The van der Waals surface area contributed by atoms with Crippen LogP contribution < -0.4 is 5.32 Å². The van der Waals surface area contributed by atoms with Crippen molar-refractivity contribution < 1.29 is 14.3 Å². The molecule has 0 radical (unpaired) electrons. The van der Waals surface area contributed by atoms with Gasteiger partial charge in [0.25, 0.3) is 0 Å². The first kappa shape index (κ1) is 13.1. The zero-order valence-electron chi connectivity index (χ0n) is 11.6. The number of carbonyl (C=O) groups is 1. The van der Waals surface area contributed by atoms with Crippen LogP contribution in [0.2, 0.25) is 0 Å². The smallest absolute Gasteiger partial charge is 0.224 e. The zero-order valence-corrected chi connectivity index (χ0v) is 11.6. The van der Waals surface area contributed by atoms with Gasteiger partial charge >= 0.3 is 0 Å². The van der Waals surface area contributed by atoms with Crippen LogP contribution in [0.1, 0.15) is 32.1 Å². The third-order valence-corrected chi connectivity index (χ3v) is 4.74. The summed E-state index contributed by atoms with van der Waals surface area (Å²) < 4.78 is 11.0. The molecule has 0 aromatic carbocycles. The maximum Gasteiger partial charge on any atom is 0.224 e. The molecule has 0 aromatic heterocycles. The van der Waals surface area contributed by atoms with E-state index in [1.165, 1.54) is 12.0 Å². The van der Waals surface area contributed by atoms with E-state index in [1.54, 1.807) is 7.11 Å². The number of ether oxygens (including phenoxy) is 2. The average Bonchev–Trinajstić information content (AvgIpc) is 3.02. The fourth-order valence-corrected chi connectivity index (χ4v) is 3.78. The van der Waals surface area contributed by atoms with Crippen LogP contribution in [0.3, 0.4) is 0 Å². The summed E-state index contributed by atoms with van der Waals surface area (Å²) in [5.74, 6) is 1.00. The van der Waals surface area contributed by atoms with Crippen LogP contribution in [0.25, 0.3) is 0 Å². The fourth-order valence-electron chi connectivity index (χ4n) is 3.78. The van der Waals surface area contributed by atoms with E-state index < -0.39 is 0 Å². The van der Waals surface area contributed by atoms with Crippen LogP contribution in [0.5, 0.6) is 0 Å². The Balaban J connectivity index is 1.54. The minimum absolute atomic E-state index is 0.171. The molecule has 1 heterocycles. The highest BCUT2D eigenvalue weighted by Crippen LogP contribution is 2.43. The standard InChI is InChI=1S/C15H23NO3/c1-18-9-12-14(11-6-7-19-15(11)12)16-13(17)8-10-4-2-3-5-10/h4,11-12,14-15H,2-3,5-9H2,1H3,(H,16,17)/t11-,12+,14+,15-/m1/s1. The predicted octanol–water partition coefficient (Wildman–Crippen LogP) is 1.65. The lowest BCUT2D eigenvalue weighted by Gasteiger charge is -2.47. The van der Waals surface area contributed by atoms with Gasteiger partial charge in [-0.1, -0.05) is 11.6 Å². The molecule has 0 unspecified atom stereocenters. The zero-order chi connectivity index (χ0) is 13.2. The van der Waals surface area contributed by atoms with E-state index in [0.29, 0.717) is 31.0 Å². The van der Waals surface area contributed by atoms with Crippen molar-refractivity contribution in [1.82, 2.24) is 5.32 Å². The molecule has 3 rings (SSSR count). The summed E-state index contributed by atoms with van der Waals surface area (Å²) in [7, 11) is 1.71. The Bertz CT molecular complexity index is 380. The fraction of sp³-hybridized carbons (Fsp3) is 0.800. The van der Waals surface area contributed by atoms with Crippen molar-refractivity contribution in [1.29, 1.82) is 0 Å². The van der Waals surface area contributed by atoms with E-state index in [2.05, 4.69) is 11.4 Å². The van der Waals surface area contributed by atoms with Gasteiger partial charge in [0.1, 0.15) is 0 Å². The van der Waals surface area contributed by atoms with Gasteiger partial charge in [0.05, 0.1) is 12.7 Å². The van der Waals surface area contributed by atoms with Gasteiger partial charge in [-0.3, -0.25) is 4.79 Å². The number of hydrogen-bond donors (Lipinski definition) is 1. The monoisotopic (exact) mass is 265 g/mol. The van der Waals surface area contributed by atoms with E-state index in [-0.39, 0.29) is 11.9 Å². The number of methoxy groups -OCH3 is 1. The summed E-state index contributed by atoms with van der Waals surface area (Å²) in [5.41, 5.74) is 1.30. The topological polar surface area (TPSA) is 47.6 Å². The molecule has 2 aliphatic carbocycles. The Labute approximate surface area is 114 Å². The molecule has 2 fully saturated rings. The van der Waals surface area contributed by atoms with Crippen LogP contribution in [-0.2, 0) is 14.3 Å². The second kappa shape index (κ2) is 5.63. The molecule has 1 amide bonds. The first-order valence-electron chi connectivity index (χ1n) is 7.37. The third kappa shape index (κ3) is 2.56. The van der Waals surface area contributed by atoms with Gasteiger partial charge < -0.3 is 14.8 Å². The highest BCUT2D eigenvalue weighted by Gasteiger charge is 2.54. The van der Waals surface area contributed by atoms with E-state index in [9.17, 15) is 4.79 Å². The molecule has 3 aliphatic rings. The number of carbonyl (C=O) groups excluding carboxylic acids is 1. The van der Waals surface area contributed by atoms with Gasteiger partial charge in [0.15, 0.2) is 0 Å². The Morgan fingerprint density at radius 3 is 3.21 bits per heavy atom. The van der Waals surface area contributed by atoms with Gasteiger partial charge in [-0.25, -0.2) is 0 Å². The van der Waals surface area contributed by atoms with Gasteiger partial charge in [-0.2, -0.15) is 0 Å². The lowest BCUT2D eigenvalue weighted by atomic mass is 9.67. The molecular formula is C15H23NO3. The lowest BCUT2D eigenvalue weighted by Crippen LogP contribution is -2.62. The number of amides is 1. The van der Waals surface area contributed by atoms with Crippen molar-refractivity contribution in [3.05, 3.63) is 11.6 Å². The lowest BCUT2D eigenvalue weighted by molar-refractivity contribution is -0.129. The van der Waals surface area contributed by atoms with Crippen LogP contribution in [0.4, 0.5) is 0 Å². The molecule has 0 bridgehead atoms. The number of fused-ring (bicyclic) bond motifs is 1. The molecule has 0 aromatic rings. The summed E-state index contributed by atoms with van der Waals surface area (Å²) in [6.45, 7) is 1.50. The minimum atomic E-state index is 0.171. The molecule has 1 saturated heterocycles. The van der Waals surface area contributed by atoms with Crippen LogP contribution in [0.15, 0.2) is 11.6 Å². The summed E-state index contributed by atoms with van der Waals surface area (Å²) >= 11 is 0. The van der Waals surface area contributed by atoms with Gasteiger partial charge in [-0.05, 0) is 25.7 Å². The molecule has 0 spiro atoms. The van der Waals surface area contributed by atoms with E-state index in [4.69, 9.17) is 9.47 Å². The third-order valence-electron chi connectivity index (χ3n) is 4.74. The first-order chi connectivity index (χ1) is 9.29. The van der Waals surface area contributed by atoms with Crippen molar-refractivity contribution in [2.75, 3.05) is 20.3 Å². The summed E-state index contributed by atoms with van der Waals surface area (Å²) in [6, 6.07) is 0.252. The Kier molecular flexibility index (Phi) is 3.89. The second-order valence-corrected chi connectivity index (χ2v) is 5.93. The molecule has 4 nitrogen and oxygen atoms in total. The largest absolute Gasteiger partial charge is 0.384 e. The Morgan fingerprint density at radius 2 is 2.47 bits per heavy atom. The van der Waals surface area contributed by atoms with Crippen LogP contribution in [0, 0.1) is 11.8 Å². The molecule has 4 atom stereocenters. The van der Waals surface area contributed by atoms with Crippen molar-refractivity contribution in [2.24, 2.45) is 11.8 Å². The highest BCUT2D eigenvalue weighted by atomic mass is 16.5. The molecule has 1 saturated carbocycles. The van der Waals surface area contributed by atoms with Crippen molar-refractivity contribution in [3.8, 4) is 0 Å². The maximum absolute atomic E-state index is 12.1. The Hall–Kier alpha value is -0.870. The number of rotatable bonds is 5. The number of allylic oxidation sites excluding steroid dienone is 1. The highest BCUT2D eigenvalue weighted by molar-refractivity contribution is 5.79. The summed E-state index contributed by atoms with van der Waals surface area (Å²) in [6.07, 6.45) is 7.60. The molecule has 4 heteroatoms. The molecule has 106 valence electrons. The van der Waals surface area contributed by atoms with Crippen LogP contribution in [-0.4, -0.2) is 38.4 Å². The predicted molar refractivity (Wildman–Crippen MR) is 71.7 cm³/mol. The first-order valence-corrected chi connectivity index (χ1v) is 7.37. The van der Waals surface area contributed by atoms with E-state index >= 15 is 0 Å². The normalized spacial score (nSPS) is 36.6. The van der Waals surface area contributed by atoms with Crippen LogP contribution >= 0.6 is 0 Å². The molecule has 19 heavy (non-hydrogen) atoms. The second-order valence-electron chi connectivity index (χ2n) is 5.93. The van der Waals surface area contributed by atoms with Crippen molar-refractivity contribution in [2.45, 2.75) is 44.2 Å². The number of hydrogen-bond acceptors (Lipinski definition) is 3. The minimum Gasteiger partial charge on any atom is -0.384 e. The SMILES string of the molecule is COC[C@H]1[C@@H](NC(=O)CC2=CCCC2)[C@H]2CCO[C@H]21. The maximum atomic E-state index is 12.1. The van der Waals surface area contributed by atoms with Crippen molar-refractivity contribution in [3.63, 3.8) is 0 Å². The molecule has 1 aliphatic heterocycles. The van der Waals surface area contributed by atoms with E-state index in [1.807, 2.05) is 0 Å². The quantitative estimate of drug-likeness (QED) is 0.769. The summed E-state index contributed by atoms with van der Waals surface area (Å²) in [4.78, 5) is 12.1. The molecule has 1 N–H and O–H groups in total.